The Bertz CT molecular complexity index is 1170. The van der Waals surface area contributed by atoms with Crippen LogP contribution in [0.2, 0.25) is 0 Å². The summed E-state index contributed by atoms with van der Waals surface area (Å²) < 4.78 is 14.7. The molecule has 3 aromatic rings. The number of halogens is 1. The Labute approximate surface area is 180 Å². The minimum Gasteiger partial charge on any atom is -0.336 e. The molecule has 0 radical (unpaired) electrons. The average Bonchev–Trinajstić information content (AvgIpc) is 3.06. The molecule has 5 nitrogen and oxygen atoms in total. The molecular formula is C25H26FN3O2. The lowest BCUT2D eigenvalue weighted by Crippen LogP contribution is -2.46. The van der Waals surface area contributed by atoms with Crippen molar-refractivity contribution in [2.75, 3.05) is 0 Å². The zero-order valence-electron chi connectivity index (χ0n) is 17.6. The average molecular weight is 420 g/mol. The molecule has 6 heteroatoms. The largest absolute Gasteiger partial charge is 0.336 e. The number of hydrogen-bond donors (Lipinski definition) is 0. The third-order valence-corrected chi connectivity index (χ3v) is 6.92. The molecule has 0 aliphatic carbocycles. The number of amides is 1. The van der Waals surface area contributed by atoms with Crippen LogP contribution in [0.3, 0.4) is 0 Å². The molecule has 3 heterocycles. The number of piperidine rings is 1. The lowest BCUT2D eigenvalue weighted by atomic mass is 9.85. The van der Waals surface area contributed by atoms with Crippen LogP contribution in [-0.4, -0.2) is 32.7 Å². The predicted molar refractivity (Wildman–Crippen MR) is 117 cm³/mol. The molecule has 5 rings (SSSR count). The van der Waals surface area contributed by atoms with E-state index < -0.39 is 0 Å². The van der Waals surface area contributed by atoms with Crippen LogP contribution in [0.15, 0.2) is 53.3 Å². The van der Waals surface area contributed by atoms with E-state index in [1.807, 2.05) is 37.3 Å². The molecule has 2 aliphatic heterocycles. The van der Waals surface area contributed by atoms with E-state index in [-0.39, 0.29) is 35.8 Å². The van der Waals surface area contributed by atoms with Gasteiger partial charge in [-0.15, -0.1) is 0 Å². The Morgan fingerprint density at radius 2 is 1.68 bits per heavy atom. The monoisotopic (exact) mass is 419 g/mol. The molecule has 0 saturated carbocycles. The summed E-state index contributed by atoms with van der Waals surface area (Å²) in [5.74, 6) is 0.236. The first kappa shape index (κ1) is 19.9. The Morgan fingerprint density at radius 1 is 1.03 bits per heavy atom. The summed E-state index contributed by atoms with van der Waals surface area (Å²) >= 11 is 0. The number of aryl methyl sites for hydroxylation is 1. The fourth-order valence-electron chi connectivity index (χ4n) is 5.48. The van der Waals surface area contributed by atoms with Gasteiger partial charge >= 0.3 is 0 Å². The van der Waals surface area contributed by atoms with Gasteiger partial charge in [0.15, 0.2) is 0 Å². The van der Waals surface area contributed by atoms with Crippen molar-refractivity contribution in [2.24, 2.45) is 0 Å². The summed E-state index contributed by atoms with van der Waals surface area (Å²) in [5, 5.41) is 5.89. The maximum Gasteiger partial charge on any atom is 0.274 e. The van der Waals surface area contributed by atoms with Gasteiger partial charge in [-0.25, -0.2) is 9.07 Å². The van der Waals surface area contributed by atoms with Gasteiger partial charge in [-0.2, -0.15) is 5.10 Å². The highest BCUT2D eigenvalue weighted by Gasteiger charge is 2.43. The first-order valence-electron chi connectivity index (χ1n) is 11.1. The number of hydrogen-bond acceptors (Lipinski definition) is 3. The molecule has 1 amide bonds. The van der Waals surface area contributed by atoms with E-state index in [9.17, 15) is 14.0 Å². The van der Waals surface area contributed by atoms with Crippen molar-refractivity contribution >= 4 is 16.7 Å². The van der Waals surface area contributed by atoms with E-state index in [1.165, 1.54) is 16.8 Å². The van der Waals surface area contributed by atoms with Gasteiger partial charge < -0.3 is 4.90 Å². The van der Waals surface area contributed by atoms with Crippen molar-refractivity contribution in [3.05, 3.63) is 76.0 Å². The van der Waals surface area contributed by atoms with Gasteiger partial charge in [-0.05, 0) is 62.3 Å². The van der Waals surface area contributed by atoms with Crippen LogP contribution in [0, 0.1) is 5.82 Å². The van der Waals surface area contributed by atoms with E-state index in [1.54, 1.807) is 6.07 Å². The number of aromatic nitrogens is 2. The van der Waals surface area contributed by atoms with Crippen molar-refractivity contribution in [1.82, 2.24) is 14.7 Å². The van der Waals surface area contributed by atoms with Crippen LogP contribution < -0.4 is 5.56 Å². The van der Waals surface area contributed by atoms with Gasteiger partial charge in [-0.1, -0.05) is 30.3 Å². The fraction of sp³-hybridized carbons (Fsp3) is 0.400. The van der Waals surface area contributed by atoms with Crippen molar-refractivity contribution in [1.29, 1.82) is 0 Å². The third kappa shape index (κ3) is 3.54. The molecule has 1 aromatic heterocycles. The highest BCUT2D eigenvalue weighted by Crippen LogP contribution is 2.43. The highest BCUT2D eigenvalue weighted by molar-refractivity contribution is 5.88. The molecular weight excluding hydrogens is 393 g/mol. The third-order valence-electron chi connectivity index (χ3n) is 6.92. The number of benzene rings is 2. The van der Waals surface area contributed by atoms with Crippen LogP contribution in [0.5, 0.6) is 0 Å². The summed E-state index contributed by atoms with van der Waals surface area (Å²) in [5.41, 5.74) is 1.71. The van der Waals surface area contributed by atoms with Gasteiger partial charge in [0.2, 0.25) is 5.91 Å². The highest BCUT2D eigenvalue weighted by atomic mass is 19.1. The molecule has 2 aliphatic rings. The number of rotatable bonds is 4. The van der Waals surface area contributed by atoms with Gasteiger partial charge in [0, 0.05) is 24.0 Å². The summed E-state index contributed by atoms with van der Waals surface area (Å²) in [6.07, 6.45) is 4.05. The maximum atomic E-state index is 13.4. The van der Waals surface area contributed by atoms with Gasteiger partial charge in [0.05, 0.1) is 17.5 Å². The van der Waals surface area contributed by atoms with E-state index in [4.69, 9.17) is 0 Å². The van der Waals surface area contributed by atoms with Crippen LogP contribution in [0.25, 0.3) is 10.8 Å². The predicted octanol–water partition coefficient (Wildman–Crippen LogP) is 4.04. The zero-order chi connectivity index (χ0) is 21.5. The van der Waals surface area contributed by atoms with E-state index in [0.717, 1.165) is 36.6 Å². The first-order valence-corrected chi connectivity index (χ1v) is 11.1. The van der Waals surface area contributed by atoms with Crippen LogP contribution >= 0.6 is 0 Å². The molecule has 2 fully saturated rings. The fourth-order valence-corrected chi connectivity index (χ4v) is 5.48. The maximum absolute atomic E-state index is 13.4. The van der Waals surface area contributed by atoms with Gasteiger partial charge in [0.1, 0.15) is 5.82 Å². The Balaban J connectivity index is 1.39. The second-order valence-electron chi connectivity index (χ2n) is 8.70. The molecule has 31 heavy (non-hydrogen) atoms. The molecule has 3 atom stereocenters. The molecule has 2 saturated heterocycles. The van der Waals surface area contributed by atoms with Crippen molar-refractivity contribution in [3.8, 4) is 0 Å². The summed E-state index contributed by atoms with van der Waals surface area (Å²) in [7, 11) is 0. The Morgan fingerprint density at radius 3 is 2.32 bits per heavy atom. The summed E-state index contributed by atoms with van der Waals surface area (Å²) in [6, 6.07) is 14.6. The van der Waals surface area contributed by atoms with E-state index in [2.05, 4.69) is 10.00 Å². The SMILES string of the molecule is CCn1nc(CC(=O)N2[C@@H]3CC[C@H]2CC(c2ccc(F)cc2)C3)c2ccccc2c1=O. The normalized spacial score (nSPS) is 22.8. The smallest absolute Gasteiger partial charge is 0.274 e. The lowest BCUT2D eigenvalue weighted by Gasteiger charge is -2.39. The molecule has 160 valence electrons. The molecule has 2 bridgehead atoms. The number of carbonyl (C=O) groups excluding carboxylic acids is 1. The van der Waals surface area contributed by atoms with E-state index in [0.29, 0.717) is 23.5 Å². The minimum atomic E-state index is -0.215. The van der Waals surface area contributed by atoms with Crippen molar-refractivity contribution in [3.63, 3.8) is 0 Å². The summed E-state index contributed by atoms with van der Waals surface area (Å²) in [4.78, 5) is 28.0. The second kappa shape index (κ2) is 7.91. The minimum absolute atomic E-state index is 0.0870. The number of nitrogens with zero attached hydrogens (tertiary/aromatic N) is 3. The van der Waals surface area contributed by atoms with Gasteiger partial charge in [0.25, 0.3) is 5.56 Å². The van der Waals surface area contributed by atoms with Crippen molar-refractivity contribution in [2.45, 2.75) is 63.6 Å². The Kier molecular flexibility index (Phi) is 5.08. The molecule has 0 N–H and O–H groups in total. The number of carbonyl (C=O) groups is 1. The van der Waals surface area contributed by atoms with Crippen LogP contribution in [0.4, 0.5) is 4.39 Å². The van der Waals surface area contributed by atoms with Crippen LogP contribution in [0.1, 0.15) is 49.8 Å². The standard InChI is InChI=1S/C25H26FN3O2/c1-2-28-25(31)22-6-4-3-5-21(22)23(27-28)15-24(30)29-19-11-12-20(29)14-17(13-19)16-7-9-18(26)10-8-16/h3-10,17,19-20H,2,11-15H2,1H3/t17?,19-,20+. The van der Waals surface area contributed by atoms with Crippen molar-refractivity contribution < 1.29 is 9.18 Å². The Hall–Kier alpha value is -3.02. The summed E-state index contributed by atoms with van der Waals surface area (Å²) in [6.45, 7) is 2.36. The second-order valence-corrected chi connectivity index (χ2v) is 8.70. The molecule has 1 unspecified atom stereocenters. The molecule has 2 aromatic carbocycles. The molecule has 0 spiro atoms. The topological polar surface area (TPSA) is 55.2 Å². The first-order chi connectivity index (χ1) is 15.0. The van der Waals surface area contributed by atoms with Gasteiger partial charge in [-0.3, -0.25) is 9.59 Å². The number of fused-ring (bicyclic) bond motifs is 3. The van der Waals surface area contributed by atoms with Crippen LogP contribution in [-0.2, 0) is 17.8 Å². The quantitative estimate of drug-likeness (QED) is 0.642. The zero-order valence-corrected chi connectivity index (χ0v) is 17.6. The lowest BCUT2D eigenvalue weighted by molar-refractivity contribution is -0.135. The van der Waals surface area contributed by atoms with E-state index >= 15 is 0 Å².